The lowest BCUT2D eigenvalue weighted by Crippen LogP contribution is -2.33. The largest absolute Gasteiger partial charge is 0.376 e. The van der Waals surface area contributed by atoms with Gasteiger partial charge in [0.2, 0.25) is 0 Å². The van der Waals surface area contributed by atoms with E-state index in [0.29, 0.717) is 5.82 Å². The van der Waals surface area contributed by atoms with Gasteiger partial charge in [-0.25, -0.2) is 14.6 Å². The molecule has 19 heavy (non-hydrogen) atoms. The van der Waals surface area contributed by atoms with E-state index in [2.05, 4.69) is 20.4 Å². The molecular formula is C12H17N5O2. The summed E-state index contributed by atoms with van der Waals surface area (Å²) < 4.78 is 12.0. The minimum Gasteiger partial charge on any atom is -0.376 e. The molecule has 1 atom stereocenters. The first-order chi connectivity index (χ1) is 9.24. The van der Waals surface area contributed by atoms with E-state index >= 15 is 0 Å². The summed E-state index contributed by atoms with van der Waals surface area (Å²) in [6, 6.07) is 3.79. The number of hydrogen-bond acceptors (Lipinski definition) is 6. The second-order valence-electron chi connectivity index (χ2n) is 4.02. The average Bonchev–Trinajstić information content (AvgIpc) is 2.95. The van der Waals surface area contributed by atoms with Crippen molar-refractivity contribution in [3.05, 3.63) is 31.0 Å². The Morgan fingerprint density at radius 1 is 1.26 bits per heavy atom. The quantitative estimate of drug-likeness (QED) is 0.786. The summed E-state index contributed by atoms with van der Waals surface area (Å²) in [6.45, 7) is 1.98. The predicted molar refractivity (Wildman–Crippen MR) is 70.0 cm³/mol. The molecule has 7 nitrogen and oxygen atoms in total. The van der Waals surface area contributed by atoms with Gasteiger partial charge in [-0.2, -0.15) is 5.10 Å². The van der Waals surface area contributed by atoms with Crippen molar-refractivity contribution in [3.63, 3.8) is 0 Å². The number of anilines is 1. The normalized spacial score (nSPS) is 12.6. The van der Waals surface area contributed by atoms with E-state index in [-0.39, 0.29) is 12.3 Å². The van der Waals surface area contributed by atoms with Gasteiger partial charge in [-0.3, -0.25) is 0 Å². The monoisotopic (exact) mass is 263 g/mol. The molecule has 0 aromatic carbocycles. The Bertz CT molecular complexity index is 481. The molecule has 2 heterocycles. The average molecular weight is 263 g/mol. The molecular weight excluding hydrogens is 246 g/mol. The van der Waals surface area contributed by atoms with E-state index in [1.807, 2.05) is 19.1 Å². The van der Waals surface area contributed by atoms with Crippen LogP contribution in [0, 0.1) is 0 Å². The van der Waals surface area contributed by atoms with E-state index in [9.17, 15) is 0 Å². The molecule has 1 N–H and O–H groups in total. The van der Waals surface area contributed by atoms with E-state index in [1.54, 1.807) is 31.4 Å². The van der Waals surface area contributed by atoms with Crippen molar-refractivity contribution in [2.75, 3.05) is 19.5 Å². The zero-order valence-electron chi connectivity index (χ0n) is 11.1. The summed E-state index contributed by atoms with van der Waals surface area (Å²) >= 11 is 0. The highest BCUT2D eigenvalue weighted by Gasteiger charge is 2.15. The van der Waals surface area contributed by atoms with Crippen molar-refractivity contribution < 1.29 is 9.47 Å². The van der Waals surface area contributed by atoms with Crippen LogP contribution in [0.25, 0.3) is 5.82 Å². The Hall–Kier alpha value is -1.99. The van der Waals surface area contributed by atoms with Crippen molar-refractivity contribution in [1.29, 1.82) is 0 Å². The summed E-state index contributed by atoms with van der Waals surface area (Å²) in [7, 11) is 3.22. The third kappa shape index (κ3) is 3.27. The molecule has 0 radical (unpaired) electrons. The first kappa shape index (κ1) is 13.4. The van der Waals surface area contributed by atoms with Crippen LogP contribution >= 0.6 is 0 Å². The van der Waals surface area contributed by atoms with Gasteiger partial charge in [0.15, 0.2) is 12.1 Å². The number of aromatic nitrogens is 4. The number of nitrogens with zero attached hydrogens (tertiary/aromatic N) is 4. The van der Waals surface area contributed by atoms with Crippen molar-refractivity contribution >= 4 is 5.69 Å². The number of hydrogen-bond donors (Lipinski definition) is 1. The van der Waals surface area contributed by atoms with Gasteiger partial charge in [0.25, 0.3) is 0 Å². The van der Waals surface area contributed by atoms with Crippen LogP contribution in [0.5, 0.6) is 0 Å². The van der Waals surface area contributed by atoms with Gasteiger partial charge >= 0.3 is 0 Å². The Labute approximate surface area is 111 Å². The Kier molecular flexibility index (Phi) is 4.43. The topological polar surface area (TPSA) is 74.1 Å². The SMILES string of the molecule is COC(OC)C(C)Nc1ccc(-n2cncn2)nc1. The molecule has 0 fully saturated rings. The highest BCUT2D eigenvalue weighted by molar-refractivity contribution is 5.44. The zero-order valence-corrected chi connectivity index (χ0v) is 11.1. The molecule has 7 heteroatoms. The first-order valence-electron chi connectivity index (χ1n) is 5.87. The number of rotatable bonds is 6. The lowest BCUT2D eigenvalue weighted by molar-refractivity contribution is -0.109. The summed E-state index contributed by atoms with van der Waals surface area (Å²) in [6.07, 6.45) is 4.49. The van der Waals surface area contributed by atoms with Crippen molar-refractivity contribution in [1.82, 2.24) is 19.7 Å². The molecule has 2 rings (SSSR count). The van der Waals surface area contributed by atoms with E-state index in [0.717, 1.165) is 5.69 Å². The molecule has 0 saturated carbocycles. The minimum atomic E-state index is -0.310. The van der Waals surface area contributed by atoms with Gasteiger partial charge in [-0.15, -0.1) is 0 Å². The van der Waals surface area contributed by atoms with Gasteiger partial charge < -0.3 is 14.8 Å². The van der Waals surface area contributed by atoms with Crippen LogP contribution < -0.4 is 5.32 Å². The molecule has 1 unspecified atom stereocenters. The highest BCUT2D eigenvalue weighted by atomic mass is 16.7. The van der Waals surface area contributed by atoms with Crippen molar-refractivity contribution in [3.8, 4) is 5.82 Å². The maximum atomic E-state index is 5.19. The smallest absolute Gasteiger partial charge is 0.176 e. The molecule has 0 amide bonds. The summed E-state index contributed by atoms with van der Waals surface area (Å²) in [5, 5.41) is 7.27. The van der Waals surface area contributed by atoms with Crippen LogP contribution in [-0.4, -0.2) is 46.3 Å². The highest BCUT2D eigenvalue weighted by Crippen LogP contribution is 2.12. The maximum Gasteiger partial charge on any atom is 0.176 e. The maximum absolute atomic E-state index is 5.19. The second kappa shape index (κ2) is 6.26. The van der Waals surface area contributed by atoms with E-state index in [4.69, 9.17) is 9.47 Å². The zero-order chi connectivity index (χ0) is 13.7. The van der Waals surface area contributed by atoms with Gasteiger partial charge in [-0.05, 0) is 19.1 Å². The third-order valence-corrected chi connectivity index (χ3v) is 2.67. The van der Waals surface area contributed by atoms with Crippen LogP contribution in [0.1, 0.15) is 6.92 Å². The van der Waals surface area contributed by atoms with Gasteiger partial charge in [-0.1, -0.05) is 0 Å². The summed E-state index contributed by atoms with van der Waals surface area (Å²) in [4.78, 5) is 8.18. The van der Waals surface area contributed by atoms with E-state index < -0.39 is 0 Å². The Morgan fingerprint density at radius 3 is 2.58 bits per heavy atom. The number of methoxy groups -OCH3 is 2. The number of pyridine rings is 1. The third-order valence-electron chi connectivity index (χ3n) is 2.67. The fraction of sp³-hybridized carbons (Fsp3) is 0.417. The summed E-state index contributed by atoms with van der Waals surface area (Å²) in [5.41, 5.74) is 0.885. The van der Waals surface area contributed by atoms with Gasteiger partial charge in [0.1, 0.15) is 12.7 Å². The van der Waals surface area contributed by atoms with Crippen LogP contribution in [-0.2, 0) is 9.47 Å². The minimum absolute atomic E-state index is 0.00835. The standard InChI is InChI=1S/C12H17N5O2/c1-9(12(18-2)19-3)16-10-4-5-11(14-6-10)17-8-13-7-15-17/h4-9,12,16H,1-3H3. The first-order valence-corrected chi connectivity index (χ1v) is 5.87. The molecule has 0 bridgehead atoms. The second-order valence-corrected chi connectivity index (χ2v) is 4.02. The lowest BCUT2D eigenvalue weighted by atomic mass is 10.3. The van der Waals surface area contributed by atoms with Crippen LogP contribution in [0.2, 0.25) is 0 Å². The molecule has 2 aromatic heterocycles. The number of ether oxygens (including phenoxy) is 2. The molecule has 0 saturated heterocycles. The Balaban J connectivity index is 2.03. The molecule has 2 aromatic rings. The fourth-order valence-electron chi connectivity index (χ4n) is 1.77. The van der Waals surface area contributed by atoms with Crippen molar-refractivity contribution in [2.24, 2.45) is 0 Å². The van der Waals surface area contributed by atoms with Gasteiger partial charge in [0, 0.05) is 14.2 Å². The molecule has 0 spiro atoms. The summed E-state index contributed by atoms with van der Waals surface area (Å²) in [5.74, 6) is 0.714. The molecule has 102 valence electrons. The predicted octanol–water partition coefficient (Wildman–Crippen LogP) is 1.08. The van der Waals surface area contributed by atoms with Crippen LogP contribution in [0.3, 0.4) is 0 Å². The Morgan fingerprint density at radius 2 is 2.05 bits per heavy atom. The number of nitrogens with one attached hydrogen (secondary N) is 1. The lowest BCUT2D eigenvalue weighted by Gasteiger charge is -2.22. The molecule has 0 aliphatic rings. The van der Waals surface area contributed by atoms with Crippen LogP contribution in [0.15, 0.2) is 31.0 Å². The molecule has 0 aliphatic heterocycles. The molecule has 0 aliphatic carbocycles. The fourth-order valence-corrected chi connectivity index (χ4v) is 1.77. The van der Waals surface area contributed by atoms with E-state index in [1.165, 1.54) is 6.33 Å². The van der Waals surface area contributed by atoms with Crippen LogP contribution in [0.4, 0.5) is 5.69 Å². The van der Waals surface area contributed by atoms with Crippen molar-refractivity contribution in [2.45, 2.75) is 19.3 Å². The van der Waals surface area contributed by atoms with Gasteiger partial charge in [0.05, 0.1) is 17.9 Å².